The number of nitrogens with two attached hydrogens (primary N) is 1. The first kappa shape index (κ1) is 14.6. The third-order valence-electron chi connectivity index (χ3n) is 3.49. The fourth-order valence-corrected chi connectivity index (χ4v) is 2.41. The van der Waals surface area contributed by atoms with Crippen LogP contribution in [0.1, 0.15) is 43.0 Å². The van der Waals surface area contributed by atoms with E-state index in [4.69, 9.17) is 10.5 Å². The molecule has 0 saturated heterocycles. The average molecular weight is 269 g/mol. The highest BCUT2D eigenvalue weighted by Crippen LogP contribution is 2.30. The van der Waals surface area contributed by atoms with Crippen LogP contribution < -0.4 is 10.5 Å². The summed E-state index contributed by atoms with van der Waals surface area (Å²) < 4.78 is 5.82. The number of para-hydroxylation sites is 1. The van der Waals surface area contributed by atoms with Crippen molar-refractivity contribution >= 4 is 0 Å². The Morgan fingerprint density at radius 1 is 0.950 bits per heavy atom. The maximum absolute atomic E-state index is 6.49. The minimum Gasteiger partial charge on any atom is -0.493 e. The summed E-state index contributed by atoms with van der Waals surface area (Å²) in [4.78, 5) is 0. The van der Waals surface area contributed by atoms with Gasteiger partial charge in [-0.1, -0.05) is 56.3 Å². The van der Waals surface area contributed by atoms with E-state index in [0.717, 1.165) is 30.8 Å². The molecule has 0 aliphatic rings. The Morgan fingerprint density at radius 3 is 2.30 bits per heavy atom. The lowest BCUT2D eigenvalue weighted by Gasteiger charge is -2.19. The van der Waals surface area contributed by atoms with Crippen molar-refractivity contribution in [3.05, 3.63) is 65.2 Å². The van der Waals surface area contributed by atoms with Gasteiger partial charge in [0.05, 0.1) is 12.6 Å². The van der Waals surface area contributed by atoms with Crippen LogP contribution in [0.3, 0.4) is 0 Å². The molecular weight excluding hydrogens is 246 g/mol. The van der Waals surface area contributed by atoms with Crippen molar-refractivity contribution in [2.45, 2.75) is 32.7 Å². The maximum Gasteiger partial charge on any atom is 0.124 e. The molecule has 2 N–H and O–H groups in total. The van der Waals surface area contributed by atoms with Crippen LogP contribution in [0.25, 0.3) is 0 Å². The number of rotatable bonds is 6. The molecule has 0 radical (unpaired) electrons. The lowest BCUT2D eigenvalue weighted by Crippen LogP contribution is -2.15. The van der Waals surface area contributed by atoms with Crippen molar-refractivity contribution < 1.29 is 4.74 Å². The molecule has 0 spiro atoms. The maximum atomic E-state index is 6.49. The number of hydrogen-bond donors (Lipinski definition) is 1. The van der Waals surface area contributed by atoms with Gasteiger partial charge < -0.3 is 10.5 Å². The average Bonchev–Trinajstić information content (AvgIpc) is 2.52. The fourth-order valence-electron chi connectivity index (χ4n) is 2.41. The summed E-state index contributed by atoms with van der Waals surface area (Å²) >= 11 is 0. The summed E-state index contributed by atoms with van der Waals surface area (Å²) in [6.45, 7) is 4.99. The molecule has 0 bridgehead atoms. The molecule has 0 amide bonds. The van der Waals surface area contributed by atoms with Crippen LogP contribution in [-0.4, -0.2) is 6.61 Å². The van der Waals surface area contributed by atoms with E-state index in [9.17, 15) is 0 Å². The van der Waals surface area contributed by atoms with Gasteiger partial charge in [-0.15, -0.1) is 0 Å². The van der Waals surface area contributed by atoms with Crippen LogP contribution >= 0.6 is 0 Å². The van der Waals surface area contributed by atoms with E-state index < -0.39 is 0 Å². The summed E-state index contributed by atoms with van der Waals surface area (Å²) in [5, 5.41) is 0. The van der Waals surface area contributed by atoms with Crippen LogP contribution in [-0.2, 0) is 6.42 Å². The second-order valence-electron chi connectivity index (χ2n) is 4.92. The molecule has 106 valence electrons. The Kier molecular flexibility index (Phi) is 5.19. The zero-order chi connectivity index (χ0) is 14.4. The standard InChI is InChI=1S/C18H23NO/c1-3-13-20-17-12-8-7-11-16(17)18(19)15-10-6-5-9-14(15)4-2/h5-12,18H,3-4,13,19H2,1-2H3. The summed E-state index contributed by atoms with van der Waals surface area (Å²) in [6, 6.07) is 16.3. The molecule has 2 rings (SSSR count). The first-order valence-electron chi connectivity index (χ1n) is 7.33. The monoisotopic (exact) mass is 269 g/mol. The predicted molar refractivity (Wildman–Crippen MR) is 84.1 cm³/mol. The Balaban J connectivity index is 2.35. The number of aryl methyl sites for hydroxylation is 1. The minimum atomic E-state index is -0.140. The SMILES string of the molecule is CCCOc1ccccc1C(N)c1ccccc1CC. The molecule has 0 aromatic heterocycles. The molecule has 2 aromatic carbocycles. The Bertz CT molecular complexity index is 551. The Labute approximate surface area is 121 Å². The molecular formula is C18H23NO. The Morgan fingerprint density at radius 2 is 1.60 bits per heavy atom. The van der Waals surface area contributed by atoms with Gasteiger partial charge in [-0.2, -0.15) is 0 Å². The van der Waals surface area contributed by atoms with Gasteiger partial charge in [0.2, 0.25) is 0 Å². The molecule has 0 heterocycles. The smallest absolute Gasteiger partial charge is 0.124 e. The molecule has 20 heavy (non-hydrogen) atoms. The zero-order valence-electron chi connectivity index (χ0n) is 12.3. The summed E-state index contributed by atoms with van der Waals surface area (Å²) in [6.07, 6.45) is 1.98. The Hall–Kier alpha value is -1.80. The van der Waals surface area contributed by atoms with Gasteiger partial charge in [0, 0.05) is 5.56 Å². The van der Waals surface area contributed by atoms with Crippen LogP contribution in [0, 0.1) is 0 Å². The number of hydrogen-bond acceptors (Lipinski definition) is 2. The van der Waals surface area contributed by atoms with E-state index in [0.29, 0.717) is 0 Å². The fraction of sp³-hybridized carbons (Fsp3) is 0.333. The molecule has 2 aromatic rings. The predicted octanol–water partition coefficient (Wildman–Crippen LogP) is 4.09. The molecule has 2 nitrogen and oxygen atoms in total. The van der Waals surface area contributed by atoms with Gasteiger partial charge in [-0.25, -0.2) is 0 Å². The van der Waals surface area contributed by atoms with E-state index in [1.807, 2.05) is 24.3 Å². The van der Waals surface area contributed by atoms with E-state index in [1.165, 1.54) is 11.1 Å². The third kappa shape index (κ3) is 3.20. The van der Waals surface area contributed by atoms with E-state index >= 15 is 0 Å². The van der Waals surface area contributed by atoms with Crippen molar-refractivity contribution in [2.24, 2.45) is 5.73 Å². The minimum absolute atomic E-state index is 0.140. The largest absolute Gasteiger partial charge is 0.493 e. The number of ether oxygens (including phenoxy) is 1. The lowest BCUT2D eigenvalue weighted by atomic mass is 9.93. The number of benzene rings is 2. The molecule has 0 aliphatic carbocycles. The highest BCUT2D eigenvalue weighted by atomic mass is 16.5. The first-order chi connectivity index (χ1) is 9.77. The van der Waals surface area contributed by atoms with Crippen LogP contribution in [0.15, 0.2) is 48.5 Å². The quantitative estimate of drug-likeness (QED) is 0.857. The molecule has 0 aliphatic heterocycles. The molecule has 1 atom stereocenters. The van der Waals surface area contributed by atoms with Gasteiger partial charge in [-0.3, -0.25) is 0 Å². The van der Waals surface area contributed by atoms with Crippen molar-refractivity contribution in [1.29, 1.82) is 0 Å². The van der Waals surface area contributed by atoms with Gasteiger partial charge in [0.1, 0.15) is 5.75 Å². The van der Waals surface area contributed by atoms with Gasteiger partial charge in [0.25, 0.3) is 0 Å². The van der Waals surface area contributed by atoms with Crippen molar-refractivity contribution in [2.75, 3.05) is 6.61 Å². The topological polar surface area (TPSA) is 35.2 Å². The van der Waals surface area contributed by atoms with Crippen LogP contribution in [0.5, 0.6) is 5.75 Å². The molecule has 1 unspecified atom stereocenters. The third-order valence-corrected chi connectivity index (χ3v) is 3.49. The van der Waals surface area contributed by atoms with E-state index in [-0.39, 0.29) is 6.04 Å². The van der Waals surface area contributed by atoms with E-state index in [2.05, 4.69) is 38.1 Å². The highest BCUT2D eigenvalue weighted by molar-refractivity contribution is 5.43. The van der Waals surface area contributed by atoms with Gasteiger partial charge in [-0.05, 0) is 30.0 Å². The van der Waals surface area contributed by atoms with E-state index in [1.54, 1.807) is 0 Å². The van der Waals surface area contributed by atoms with Crippen LogP contribution in [0.2, 0.25) is 0 Å². The molecule has 0 fully saturated rings. The second-order valence-corrected chi connectivity index (χ2v) is 4.92. The molecule has 0 saturated carbocycles. The van der Waals surface area contributed by atoms with Gasteiger partial charge >= 0.3 is 0 Å². The summed E-state index contributed by atoms with van der Waals surface area (Å²) in [5.74, 6) is 0.896. The van der Waals surface area contributed by atoms with Gasteiger partial charge in [0.15, 0.2) is 0 Å². The highest BCUT2D eigenvalue weighted by Gasteiger charge is 2.16. The summed E-state index contributed by atoms with van der Waals surface area (Å²) in [5.41, 5.74) is 10.0. The van der Waals surface area contributed by atoms with Crippen LogP contribution in [0.4, 0.5) is 0 Å². The normalized spacial score (nSPS) is 12.2. The van der Waals surface area contributed by atoms with Crippen molar-refractivity contribution in [3.8, 4) is 5.75 Å². The summed E-state index contributed by atoms with van der Waals surface area (Å²) in [7, 11) is 0. The second kappa shape index (κ2) is 7.11. The molecule has 2 heteroatoms. The zero-order valence-corrected chi connectivity index (χ0v) is 12.3. The first-order valence-corrected chi connectivity index (χ1v) is 7.33. The van der Waals surface area contributed by atoms with Crippen molar-refractivity contribution in [1.82, 2.24) is 0 Å². The van der Waals surface area contributed by atoms with Crippen molar-refractivity contribution in [3.63, 3.8) is 0 Å². The lowest BCUT2D eigenvalue weighted by molar-refractivity contribution is 0.313.